The van der Waals surface area contributed by atoms with Crippen molar-refractivity contribution in [1.29, 1.82) is 0 Å². The number of nitrogens with one attached hydrogen (secondary N) is 1. The monoisotopic (exact) mass is 382 g/mol. The molecule has 0 radical (unpaired) electrons. The Morgan fingerprint density at radius 3 is 2.19 bits per heavy atom. The van der Waals surface area contributed by atoms with Gasteiger partial charge in [-0.05, 0) is 42.5 Å². The number of carbonyl (C=O) groups is 1. The number of fused-ring (bicyclic) bond motifs is 2. The van der Waals surface area contributed by atoms with Crippen molar-refractivity contribution in [3.8, 4) is 5.75 Å². The van der Waals surface area contributed by atoms with Gasteiger partial charge in [-0.15, -0.1) is 0 Å². The Bertz CT molecular complexity index is 948. The van der Waals surface area contributed by atoms with Crippen LogP contribution in [-0.2, 0) is 0 Å². The maximum atomic E-state index is 13.1. The quantitative estimate of drug-likeness (QED) is 0.575. The lowest BCUT2D eigenvalue weighted by Gasteiger charge is -2.31. The molecule has 0 aromatic heterocycles. The van der Waals surface area contributed by atoms with E-state index in [9.17, 15) is 4.79 Å². The molecule has 3 aromatic rings. The maximum Gasteiger partial charge on any atom is 0.331 e. The number of para-hydroxylation sites is 2. The Kier molecular flexibility index (Phi) is 4.49. The summed E-state index contributed by atoms with van der Waals surface area (Å²) in [5, 5.41) is 3.37. The van der Waals surface area contributed by atoms with Crippen LogP contribution in [0, 0.1) is 0 Å². The maximum absolute atomic E-state index is 13.1. The minimum Gasteiger partial charge on any atom is -0.495 e. The number of hydrogen-bond acceptors (Lipinski definition) is 3. The average molecular weight is 383 g/mol. The van der Waals surface area contributed by atoms with Crippen molar-refractivity contribution in [1.82, 2.24) is 0 Å². The van der Waals surface area contributed by atoms with Gasteiger partial charge in [0.05, 0.1) is 23.5 Å². The number of anilines is 3. The van der Waals surface area contributed by atoms with E-state index in [0.29, 0.717) is 16.5 Å². The third-order valence-corrected chi connectivity index (χ3v) is 5.46. The Labute approximate surface area is 160 Å². The Morgan fingerprint density at radius 1 is 1.00 bits per heavy atom. The third kappa shape index (κ3) is 3.00. The van der Waals surface area contributed by atoms with Crippen LogP contribution in [0.3, 0.4) is 0 Å². The molecule has 1 aliphatic rings. The van der Waals surface area contributed by atoms with Gasteiger partial charge in [0.2, 0.25) is 0 Å². The molecule has 1 heterocycles. The number of halogens is 1. The summed E-state index contributed by atoms with van der Waals surface area (Å²) in [6.45, 7) is 0. The molecule has 4 nitrogen and oxygen atoms in total. The Hall–Kier alpha value is -2.63. The number of nitrogens with zero attached hydrogens (tertiary/aromatic N) is 1. The van der Waals surface area contributed by atoms with Gasteiger partial charge < -0.3 is 10.1 Å². The van der Waals surface area contributed by atoms with Crippen molar-refractivity contribution in [3.05, 3.63) is 71.8 Å². The lowest BCUT2D eigenvalue weighted by Crippen LogP contribution is -2.32. The van der Waals surface area contributed by atoms with Crippen LogP contribution in [0.4, 0.5) is 21.9 Å². The second-order valence-electron chi connectivity index (χ2n) is 5.65. The molecule has 1 aliphatic heterocycles. The number of ether oxygens (including phenoxy) is 1. The molecule has 0 aliphatic carbocycles. The molecule has 0 saturated heterocycles. The molecule has 130 valence electrons. The van der Waals surface area contributed by atoms with E-state index >= 15 is 0 Å². The first-order valence-corrected chi connectivity index (χ1v) is 9.17. The standard InChI is InChI=1S/C20H15ClN2O2S/c1-25-17-11-10-13(12-14(17)21)22-20(24)23-15-6-2-4-8-18(15)26-19-9-5-3-7-16(19)23/h2-12H,1H3,(H,22,24). The number of urea groups is 1. The highest BCUT2D eigenvalue weighted by molar-refractivity contribution is 7.99. The number of hydrogen-bond donors (Lipinski definition) is 1. The van der Waals surface area contributed by atoms with Crippen molar-refractivity contribution in [2.75, 3.05) is 17.3 Å². The molecular formula is C20H15ClN2O2S. The van der Waals surface area contributed by atoms with Crippen LogP contribution in [0.1, 0.15) is 0 Å². The average Bonchev–Trinajstić information content (AvgIpc) is 2.66. The SMILES string of the molecule is COc1ccc(NC(=O)N2c3ccccc3Sc3ccccc32)cc1Cl. The molecule has 6 heteroatoms. The van der Waals surface area contributed by atoms with Crippen molar-refractivity contribution in [2.45, 2.75) is 9.79 Å². The highest BCUT2D eigenvalue weighted by Gasteiger charge is 2.27. The second kappa shape index (κ2) is 6.94. The van der Waals surface area contributed by atoms with Gasteiger partial charge in [0, 0.05) is 15.5 Å². The molecule has 0 unspecified atom stereocenters. The first kappa shape index (κ1) is 16.8. The number of benzene rings is 3. The summed E-state index contributed by atoms with van der Waals surface area (Å²) in [7, 11) is 1.55. The molecule has 0 saturated carbocycles. The van der Waals surface area contributed by atoms with Crippen LogP contribution in [0.2, 0.25) is 5.02 Å². The lowest BCUT2D eigenvalue weighted by atomic mass is 10.2. The van der Waals surface area contributed by atoms with E-state index in [2.05, 4.69) is 5.32 Å². The van der Waals surface area contributed by atoms with E-state index in [4.69, 9.17) is 16.3 Å². The normalized spacial score (nSPS) is 12.2. The van der Waals surface area contributed by atoms with Gasteiger partial charge in [0.25, 0.3) is 0 Å². The molecule has 26 heavy (non-hydrogen) atoms. The Morgan fingerprint density at radius 2 is 1.62 bits per heavy atom. The van der Waals surface area contributed by atoms with Gasteiger partial charge in [-0.25, -0.2) is 4.79 Å². The minimum atomic E-state index is -0.244. The van der Waals surface area contributed by atoms with E-state index in [0.717, 1.165) is 21.2 Å². The first-order valence-electron chi connectivity index (χ1n) is 7.98. The van der Waals surface area contributed by atoms with Crippen LogP contribution in [-0.4, -0.2) is 13.1 Å². The van der Waals surface area contributed by atoms with Crippen LogP contribution in [0.5, 0.6) is 5.75 Å². The topological polar surface area (TPSA) is 41.6 Å². The molecular weight excluding hydrogens is 368 g/mol. The highest BCUT2D eigenvalue weighted by atomic mass is 35.5. The lowest BCUT2D eigenvalue weighted by molar-refractivity contribution is 0.259. The molecule has 2 amide bonds. The first-order chi connectivity index (χ1) is 12.7. The van der Waals surface area contributed by atoms with Gasteiger partial charge in [-0.1, -0.05) is 47.6 Å². The summed E-state index contributed by atoms with van der Waals surface area (Å²) in [4.78, 5) is 16.9. The molecule has 0 spiro atoms. The predicted octanol–water partition coefficient (Wildman–Crippen LogP) is 6.18. The largest absolute Gasteiger partial charge is 0.495 e. The van der Waals surface area contributed by atoms with Crippen molar-refractivity contribution >= 4 is 46.5 Å². The number of amides is 2. The van der Waals surface area contributed by atoms with Crippen LogP contribution < -0.4 is 15.0 Å². The molecule has 0 bridgehead atoms. The fourth-order valence-corrected chi connectivity index (χ4v) is 4.16. The van der Waals surface area contributed by atoms with Crippen LogP contribution in [0.25, 0.3) is 0 Å². The number of rotatable bonds is 2. The van der Waals surface area contributed by atoms with E-state index in [1.54, 1.807) is 42.0 Å². The van der Waals surface area contributed by atoms with E-state index in [1.165, 1.54) is 0 Å². The summed E-state index contributed by atoms with van der Waals surface area (Å²) < 4.78 is 5.16. The van der Waals surface area contributed by atoms with E-state index in [1.807, 2.05) is 48.5 Å². The molecule has 3 aromatic carbocycles. The summed E-state index contributed by atoms with van der Waals surface area (Å²) >= 11 is 7.83. The van der Waals surface area contributed by atoms with Crippen LogP contribution >= 0.6 is 23.4 Å². The summed E-state index contributed by atoms with van der Waals surface area (Å²) in [6.07, 6.45) is 0. The fraction of sp³-hybridized carbons (Fsp3) is 0.0500. The molecule has 4 rings (SSSR count). The van der Waals surface area contributed by atoms with Gasteiger partial charge in [0.1, 0.15) is 5.75 Å². The Balaban J connectivity index is 1.71. The third-order valence-electron chi connectivity index (χ3n) is 4.04. The van der Waals surface area contributed by atoms with Gasteiger partial charge in [0.15, 0.2) is 0 Å². The molecule has 0 atom stereocenters. The predicted molar refractivity (Wildman–Crippen MR) is 106 cm³/mol. The zero-order chi connectivity index (χ0) is 18.1. The zero-order valence-electron chi connectivity index (χ0n) is 13.9. The van der Waals surface area contributed by atoms with Gasteiger partial charge in [-0.2, -0.15) is 0 Å². The van der Waals surface area contributed by atoms with Crippen molar-refractivity contribution < 1.29 is 9.53 Å². The summed E-state index contributed by atoms with van der Waals surface area (Å²) in [5.41, 5.74) is 2.32. The second-order valence-corrected chi connectivity index (χ2v) is 7.14. The van der Waals surface area contributed by atoms with E-state index < -0.39 is 0 Å². The summed E-state index contributed by atoms with van der Waals surface area (Å²) in [6, 6.07) is 20.6. The smallest absolute Gasteiger partial charge is 0.331 e. The van der Waals surface area contributed by atoms with Crippen molar-refractivity contribution in [3.63, 3.8) is 0 Å². The highest BCUT2D eigenvalue weighted by Crippen LogP contribution is 2.48. The molecule has 0 fully saturated rings. The number of methoxy groups -OCH3 is 1. The van der Waals surface area contributed by atoms with Gasteiger partial charge >= 0.3 is 6.03 Å². The van der Waals surface area contributed by atoms with E-state index in [-0.39, 0.29) is 6.03 Å². The number of carbonyl (C=O) groups excluding carboxylic acids is 1. The minimum absolute atomic E-state index is 0.244. The molecule has 1 N–H and O–H groups in total. The van der Waals surface area contributed by atoms with Crippen molar-refractivity contribution in [2.24, 2.45) is 0 Å². The van der Waals surface area contributed by atoms with Gasteiger partial charge in [-0.3, -0.25) is 4.90 Å². The fourth-order valence-electron chi connectivity index (χ4n) is 2.85. The summed E-state index contributed by atoms with van der Waals surface area (Å²) in [5.74, 6) is 0.565. The van der Waals surface area contributed by atoms with Crippen LogP contribution in [0.15, 0.2) is 76.5 Å². The zero-order valence-corrected chi connectivity index (χ0v) is 15.5.